The van der Waals surface area contributed by atoms with Crippen molar-refractivity contribution in [3.8, 4) is 11.1 Å². The Balaban J connectivity index is 2.48. The van der Waals surface area contributed by atoms with Gasteiger partial charge in [-0.1, -0.05) is 6.07 Å². The molecule has 0 fully saturated rings. The molecule has 0 aliphatic rings. The maximum atomic E-state index is 12.3. The lowest BCUT2D eigenvalue weighted by atomic mass is 10.1. The summed E-state index contributed by atoms with van der Waals surface area (Å²) in [6.07, 6.45) is 2.96. The smallest absolute Gasteiger partial charge is 0.341 e. The monoisotopic (exact) mass is 408 g/mol. The molecule has 0 amide bonds. The van der Waals surface area contributed by atoms with E-state index in [4.69, 9.17) is 4.74 Å². The molecule has 2 heterocycles. The molecule has 2 aromatic heterocycles. The number of carbonyl (C=O) groups excluding carboxylic acids is 1. The summed E-state index contributed by atoms with van der Waals surface area (Å²) in [4.78, 5) is 39.8. The van der Waals surface area contributed by atoms with Crippen molar-refractivity contribution in [1.82, 2.24) is 9.55 Å². The predicted octanol–water partition coefficient (Wildman–Crippen LogP) is 2.71. The second kappa shape index (κ2) is 7.18. The van der Waals surface area contributed by atoms with Crippen LogP contribution in [-0.4, -0.2) is 32.2 Å². The highest BCUT2D eigenvalue weighted by Gasteiger charge is 2.20. The van der Waals surface area contributed by atoms with Crippen LogP contribution in [0.25, 0.3) is 11.1 Å². The molecule has 0 aromatic carbocycles. The highest BCUT2D eigenvalue weighted by Crippen LogP contribution is 2.20. The van der Waals surface area contributed by atoms with Gasteiger partial charge in [-0.25, -0.2) is 9.78 Å². The van der Waals surface area contributed by atoms with Crippen molar-refractivity contribution in [2.24, 2.45) is 0 Å². The van der Waals surface area contributed by atoms with Crippen LogP contribution in [-0.2, 0) is 16.1 Å². The van der Waals surface area contributed by atoms with Crippen LogP contribution < -0.4 is 5.56 Å². The third-order valence-corrected chi connectivity index (χ3v) is 3.57. The molecule has 0 bridgehead atoms. The van der Waals surface area contributed by atoms with Gasteiger partial charge in [0, 0.05) is 23.5 Å². The maximum absolute atomic E-state index is 12.3. The summed E-state index contributed by atoms with van der Waals surface area (Å²) in [5.41, 5.74) is -0.829. The molecule has 1 N–H and O–H groups in total. The number of hydrogen-bond donors (Lipinski definition) is 1. The lowest BCUT2D eigenvalue weighted by molar-refractivity contribution is -0.155. The Hall–Kier alpha value is -2.48. The first-order valence-electron chi connectivity index (χ1n) is 7.38. The Morgan fingerprint density at radius 2 is 1.96 bits per heavy atom. The molecule has 0 aliphatic carbocycles. The number of aromatic carboxylic acids is 1. The van der Waals surface area contributed by atoms with Gasteiger partial charge in [0.05, 0.1) is 0 Å². The molecule has 2 rings (SSSR count). The quantitative estimate of drug-likeness (QED) is 0.616. The normalized spacial score (nSPS) is 11.2. The maximum Gasteiger partial charge on any atom is 0.341 e. The Labute approximate surface area is 152 Å². The molecular weight excluding hydrogens is 392 g/mol. The summed E-state index contributed by atoms with van der Waals surface area (Å²) >= 11 is 3.22. The van der Waals surface area contributed by atoms with Crippen LogP contribution in [0.5, 0.6) is 0 Å². The first-order chi connectivity index (χ1) is 11.6. The van der Waals surface area contributed by atoms with Crippen LogP contribution in [0.4, 0.5) is 0 Å². The van der Waals surface area contributed by atoms with E-state index in [0.29, 0.717) is 15.7 Å². The van der Waals surface area contributed by atoms with Crippen molar-refractivity contribution < 1.29 is 19.4 Å². The van der Waals surface area contributed by atoms with Crippen LogP contribution in [0.2, 0.25) is 0 Å². The Morgan fingerprint density at radius 1 is 1.28 bits per heavy atom. The van der Waals surface area contributed by atoms with Gasteiger partial charge in [-0.05, 0) is 48.8 Å². The molecule has 0 aliphatic heterocycles. The van der Waals surface area contributed by atoms with Crippen LogP contribution in [0.1, 0.15) is 31.1 Å². The number of nitrogens with zero attached hydrogens (tertiary/aromatic N) is 2. The Morgan fingerprint density at radius 3 is 2.48 bits per heavy atom. The van der Waals surface area contributed by atoms with Crippen LogP contribution in [0, 0.1) is 0 Å². The molecule has 132 valence electrons. The molecule has 2 aromatic rings. The number of esters is 1. The molecule has 7 nitrogen and oxygen atoms in total. The molecule has 0 radical (unpaired) electrons. The first-order valence-corrected chi connectivity index (χ1v) is 8.17. The summed E-state index contributed by atoms with van der Waals surface area (Å²) in [7, 11) is 0. The van der Waals surface area contributed by atoms with Gasteiger partial charge < -0.3 is 14.4 Å². The Bertz CT molecular complexity index is 866. The van der Waals surface area contributed by atoms with E-state index in [0.717, 1.165) is 4.57 Å². The molecule has 0 unspecified atom stereocenters. The SMILES string of the molecule is CC(C)(C)OC(=O)Cn1cc(-c2ccc(Br)nc2)cc(C(=O)O)c1=O. The van der Waals surface area contributed by atoms with Gasteiger partial charge >= 0.3 is 11.9 Å². The number of carboxylic acid groups (broad SMARTS) is 1. The summed E-state index contributed by atoms with van der Waals surface area (Å²) in [5.74, 6) is -1.99. The zero-order valence-electron chi connectivity index (χ0n) is 13.9. The molecule has 0 spiro atoms. The minimum Gasteiger partial charge on any atom is -0.477 e. The standard InChI is InChI=1S/C17H17BrN2O5/c1-17(2,3)25-14(21)9-20-8-11(6-12(15(20)22)16(23)24)10-4-5-13(18)19-7-10/h4-8H,9H2,1-3H3,(H,23,24). The molecule has 8 heteroatoms. The van der Waals surface area contributed by atoms with Crippen molar-refractivity contribution in [2.45, 2.75) is 32.9 Å². The van der Waals surface area contributed by atoms with Crippen LogP contribution >= 0.6 is 15.9 Å². The van der Waals surface area contributed by atoms with Crippen LogP contribution in [0.15, 0.2) is 40.0 Å². The van der Waals surface area contributed by atoms with Gasteiger partial charge in [-0.2, -0.15) is 0 Å². The van der Waals surface area contributed by atoms with E-state index < -0.39 is 28.7 Å². The average molecular weight is 409 g/mol. The third kappa shape index (κ3) is 4.99. The molecule has 0 saturated heterocycles. The molecule has 0 saturated carbocycles. The fraction of sp³-hybridized carbons (Fsp3) is 0.294. The summed E-state index contributed by atoms with van der Waals surface area (Å²) in [6.45, 7) is 4.75. The van der Waals surface area contributed by atoms with Gasteiger partial charge in [-0.15, -0.1) is 0 Å². The number of aromatic nitrogens is 2. The topological polar surface area (TPSA) is 98.5 Å². The highest BCUT2D eigenvalue weighted by atomic mass is 79.9. The van der Waals surface area contributed by atoms with Crippen molar-refractivity contribution >= 4 is 27.9 Å². The van der Waals surface area contributed by atoms with E-state index in [-0.39, 0.29) is 6.54 Å². The molecule has 25 heavy (non-hydrogen) atoms. The molecule has 0 atom stereocenters. The lowest BCUT2D eigenvalue weighted by Gasteiger charge is -2.20. The van der Waals surface area contributed by atoms with Gasteiger partial charge in [0.25, 0.3) is 5.56 Å². The number of carboxylic acids is 1. The fourth-order valence-electron chi connectivity index (χ4n) is 2.12. The number of halogens is 1. The number of ether oxygens (including phenoxy) is 1. The van der Waals surface area contributed by atoms with Gasteiger partial charge in [0.1, 0.15) is 22.3 Å². The minimum atomic E-state index is -1.37. The van der Waals surface area contributed by atoms with Gasteiger partial charge in [0.15, 0.2) is 0 Å². The third-order valence-electron chi connectivity index (χ3n) is 3.10. The van der Waals surface area contributed by atoms with Crippen LogP contribution in [0.3, 0.4) is 0 Å². The predicted molar refractivity (Wildman–Crippen MR) is 94.4 cm³/mol. The second-order valence-corrected chi connectivity index (χ2v) is 7.15. The summed E-state index contributed by atoms with van der Waals surface area (Å²) in [5, 5.41) is 9.27. The average Bonchev–Trinajstić information content (AvgIpc) is 2.48. The summed E-state index contributed by atoms with van der Waals surface area (Å²) < 4.78 is 6.85. The van der Waals surface area contributed by atoms with Crippen molar-refractivity contribution in [2.75, 3.05) is 0 Å². The van der Waals surface area contributed by atoms with E-state index in [9.17, 15) is 19.5 Å². The number of hydrogen-bond acceptors (Lipinski definition) is 5. The number of rotatable bonds is 4. The summed E-state index contributed by atoms with van der Waals surface area (Å²) in [6, 6.07) is 4.68. The Kier molecular flexibility index (Phi) is 5.42. The first kappa shape index (κ1) is 18.9. The van der Waals surface area contributed by atoms with Crippen molar-refractivity contribution in [3.63, 3.8) is 0 Å². The van der Waals surface area contributed by atoms with E-state index in [2.05, 4.69) is 20.9 Å². The second-order valence-electron chi connectivity index (χ2n) is 6.34. The lowest BCUT2D eigenvalue weighted by Crippen LogP contribution is -2.32. The van der Waals surface area contributed by atoms with E-state index >= 15 is 0 Å². The van der Waals surface area contributed by atoms with Crippen molar-refractivity contribution in [3.05, 3.63) is 51.1 Å². The van der Waals surface area contributed by atoms with E-state index in [1.165, 1.54) is 18.5 Å². The largest absolute Gasteiger partial charge is 0.477 e. The van der Waals surface area contributed by atoms with E-state index in [1.807, 2.05) is 0 Å². The highest BCUT2D eigenvalue weighted by molar-refractivity contribution is 9.10. The zero-order chi connectivity index (χ0) is 18.8. The number of carbonyl (C=O) groups is 2. The zero-order valence-corrected chi connectivity index (χ0v) is 15.5. The van der Waals surface area contributed by atoms with Gasteiger partial charge in [0.2, 0.25) is 0 Å². The fourth-order valence-corrected chi connectivity index (χ4v) is 2.36. The van der Waals surface area contributed by atoms with E-state index in [1.54, 1.807) is 32.9 Å². The van der Waals surface area contributed by atoms with Crippen molar-refractivity contribution in [1.29, 1.82) is 0 Å². The number of pyridine rings is 2. The molecular formula is C17H17BrN2O5. The minimum absolute atomic E-state index is 0.381. The van der Waals surface area contributed by atoms with Gasteiger partial charge in [-0.3, -0.25) is 9.59 Å².